The van der Waals surface area contributed by atoms with Crippen molar-refractivity contribution in [2.45, 2.75) is 19.0 Å². The molecular formula is C15H22N4O4. The smallest absolute Gasteiger partial charge is 0.267 e. The normalized spacial score (nSPS) is 17.3. The van der Waals surface area contributed by atoms with Gasteiger partial charge >= 0.3 is 0 Å². The van der Waals surface area contributed by atoms with E-state index < -0.39 is 23.9 Å². The van der Waals surface area contributed by atoms with Crippen LogP contribution in [0.1, 0.15) is 17.3 Å². The number of benzene rings is 1. The zero-order chi connectivity index (χ0) is 16.8. The minimum atomic E-state index is -1.01. The molecule has 0 spiro atoms. The van der Waals surface area contributed by atoms with E-state index in [1.807, 2.05) is 12.1 Å². The summed E-state index contributed by atoms with van der Waals surface area (Å²) >= 11 is 0. The van der Waals surface area contributed by atoms with E-state index in [0.717, 1.165) is 18.8 Å². The first-order valence-electron chi connectivity index (χ1n) is 7.46. The van der Waals surface area contributed by atoms with E-state index in [0.29, 0.717) is 18.8 Å². The summed E-state index contributed by atoms with van der Waals surface area (Å²) in [6, 6.07) is 5.44. The van der Waals surface area contributed by atoms with Crippen LogP contribution >= 0.6 is 0 Å². The second-order valence-electron chi connectivity index (χ2n) is 5.43. The predicted octanol–water partition coefficient (Wildman–Crippen LogP) is -0.526. The Hall–Kier alpha value is -2.16. The fourth-order valence-corrected chi connectivity index (χ4v) is 2.38. The highest BCUT2D eigenvalue weighted by molar-refractivity contribution is 5.97. The number of hydroxylamine groups is 1. The number of hydrogen-bond donors (Lipinski definition) is 4. The van der Waals surface area contributed by atoms with Crippen LogP contribution in [0.15, 0.2) is 24.3 Å². The van der Waals surface area contributed by atoms with Crippen LogP contribution in [0.5, 0.6) is 0 Å². The van der Waals surface area contributed by atoms with Crippen molar-refractivity contribution in [1.29, 1.82) is 0 Å². The zero-order valence-electron chi connectivity index (χ0n) is 13.0. The van der Waals surface area contributed by atoms with E-state index in [4.69, 9.17) is 15.7 Å². The molecule has 1 saturated heterocycles. The van der Waals surface area contributed by atoms with Crippen LogP contribution in [0.3, 0.4) is 0 Å². The van der Waals surface area contributed by atoms with Crippen molar-refractivity contribution in [3.8, 4) is 0 Å². The Balaban J connectivity index is 2.03. The Bertz CT molecular complexity index is 541. The van der Waals surface area contributed by atoms with Gasteiger partial charge in [-0.1, -0.05) is 0 Å². The quantitative estimate of drug-likeness (QED) is 0.428. The zero-order valence-corrected chi connectivity index (χ0v) is 13.0. The third-order valence-corrected chi connectivity index (χ3v) is 3.71. The number of nitrogens with one attached hydrogen (secondary N) is 2. The van der Waals surface area contributed by atoms with Crippen LogP contribution < -0.4 is 21.4 Å². The molecule has 5 N–H and O–H groups in total. The molecule has 23 heavy (non-hydrogen) atoms. The molecule has 0 radical (unpaired) electrons. The largest absolute Gasteiger partial charge is 0.378 e. The minimum Gasteiger partial charge on any atom is -0.378 e. The number of nitrogens with zero attached hydrogens (tertiary/aromatic N) is 1. The Morgan fingerprint density at radius 1 is 1.26 bits per heavy atom. The van der Waals surface area contributed by atoms with Gasteiger partial charge in [-0.05, 0) is 31.2 Å². The van der Waals surface area contributed by atoms with Crippen LogP contribution in [0, 0.1) is 0 Å². The average molecular weight is 322 g/mol. The summed E-state index contributed by atoms with van der Waals surface area (Å²) in [5.41, 5.74) is 8.59. The molecule has 2 rings (SSSR count). The SMILES string of the molecule is C[C@@H](N)[C@H](NC(=O)c1ccc(N2CCOCC2)cc1)C(=O)NO. The first-order valence-corrected chi connectivity index (χ1v) is 7.46. The molecule has 0 unspecified atom stereocenters. The second-order valence-corrected chi connectivity index (χ2v) is 5.43. The Morgan fingerprint density at radius 2 is 1.87 bits per heavy atom. The van der Waals surface area contributed by atoms with Crippen LogP contribution in [0.2, 0.25) is 0 Å². The molecule has 1 heterocycles. The topological polar surface area (TPSA) is 117 Å². The lowest BCUT2D eigenvalue weighted by atomic mass is 10.1. The van der Waals surface area contributed by atoms with Gasteiger partial charge in [-0.2, -0.15) is 0 Å². The fraction of sp³-hybridized carbons (Fsp3) is 0.467. The van der Waals surface area contributed by atoms with Gasteiger partial charge < -0.3 is 20.7 Å². The number of ether oxygens (including phenoxy) is 1. The summed E-state index contributed by atoms with van der Waals surface area (Å²) in [5, 5.41) is 11.2. The van der Waals surface area contributed by atoms with E-state index in [1.54, 1.807) is 19.1 Å². The van der Waals surface area contributed by atoms with Gasteiger partial charge in [0.2, 0.25) is 0 Å². The van der Waals surface area contributed by atoms with E-state index in [9.17, 15) is 9.59 Å². The molecule has 8 heteroatoms. The van der Waals surface area contributed by atoms with Crippen molar-refractivity contribution in [3.05, 3.63) is 29.8 Å². The van der Waals surface area contributed by atoms with Gasteiger partial charge in [0.25, 0.3) is 11.8 Å². The molecule has 1 aromatic rings. The number of nitrogens with two attached hydrogens (primary N) is 1. The van der Waals surface area contributed by atoms with Gasteiger partial charge in [-0.3, -0.25) is 14.8 Å². The fourth-order valence-electron chi connectivity index (χ4n) is 2.38. The highest BCUT2D eigenvalue weighted by Gasteiger charge is 2.24. The number of anilines is 1. The van der Waals surface area contributed by atoms with Crippen molar-refractivity contribution < 1.29 is 19.5 Å². The van der Waals surface area contributed by atoms with Crippen LogP contribution in [-0.2, 0) is 9.53 Å². The Kier molecular flexibility index (Phi) is 5.91. The van der Waals surface area contributed by atoms with Gasteiger partial charge in [-0.15, -0.1) is 0 Å². The van der Waals surface area contributed by atoms with E-state index in [2.05, 4.69) is 10.2 Å². The second kappa shape index (κ2) is 7.91. The molecule has 2 atom stereocenters. The Labute approximate surface area is 134 Å². The average Bonchev–Trinajstić information content (AvgIpc) is 2.59. The Morgan fingerprint density at radius 3 is 2.39 bits per heavy atom. The van der Waals surface area contributed by atoms with Crippen LogP contribution in [-0.4, -0.2) is 55.4 Å². The molecular weight excluding hydrogens is 300 g/mol. The highest BCUT2D eigenvalue weighted by atomic mass is 16.5. The summed E-state index contributed by atoms with van der Waals surface area (Å²) in [7, 11) is 0. The maximum Gasteiger partial charge on any atom is 0.267 e. The molecule has 1 aliphatic heterocycles. The van der Waals surface area contributed by atoms with Crippen molar-refractivity contribution in [1.82, 2.24) is 10.8 Å². The predicted molar refractivity (Wildman–Crippen MR) is 84.3 cm³/mol. The monoisotopic (exact) mass is 322 g/mol. The molecule has 126 valence electrons. The molecule has 8 nitrogen and oxygen atoms in total. The number of amides is 2. The molecule has 1 fully saturated rings. The van der Waals surface area contributed by atoms with Gasteiger partial charge in [0.05, 0.1) is 13.2 Å². The van der Waals surface area contributed by atoms with Gasteiger partial charge in [0.1, 0.15) is 6.04 Å². The van der Waals surface area contributed by atoms with E-state index >= 15 is 0 Å². The molecule has 2 amide bonds. The van der Waals surface area contributed by atoms with Crippen LogP contribution in [0.4, 0.5) is 5.69 Å². The highest BCUT2D eigenvalue weighted by Crippen LogP contribution is 2.16. The third-order valence-electron chi connectivity index (χ3n) is 3.71. The maximum absolute atomic E-state index is 12.2. The molecule has 0 aliphatic carbocycles. The van der Waals surface area contributed by atoms with E-state index in [1.165, 1.54) is 5.48 Å². The lowest BCUT2D eigenvalue weighted by molar-refractivity contribution is -0.131. The third kappa shape index (κ3) is 4.41. The molecule has 0 aromatic heterocycles. The summed E-state index contributed by atoms with van der Waals surface area (Å²) in [6.45, 7) is 4.58. The number of carbonyl (C=O) groups excluding carboxylic acids is 2. The van der Waals surface area contributed by atoms with Gasteiger partial charge in [-0.25, -0.2) is 5.48 Å². The molecule has 1 aromatic carbocycles. The van der Waals surface area contributed by atoms with E-state index in [-0.39, 0.29) is 0 Å². The lowest BCUT2D eigenvalue weighted by Crippen LogP contribution is -2.54. The lowest BCUT2D eigenvalue weighted by Gasteiger charge is -2.29. The van der Waals surface area contributed by atoms with Gasteiger partial charge in [0.15, 0.2) is 0 Å². The van der Waals surface area contributed by atoms with Crippen molar-refractivity contribution in [3.63, 3.8) is 0 Å². The molecule has 1 aliphatic rings. The van der Waals surface area contributed by atoms with Gasteiger partial charge in [0, 0.05) is 30.4 Å². The van der Waals surface area contributed by atoms with Crippen molar-refractivity contribution in [2.75, 3.05) is 31.2 Å². The summed E-state index contributed by atoms with van der Waals surface area (Å²) in [5.74, 6) is -1.18. The maximum atomic E-state index is 12.2. The first-order chi connectivity index (χ1) is 11.0. The van der Waals surface area contributed by atoms with Crippen molar-refractivity contribution >= 4 is 17.5 Å². The number of hydrogen-bond acceptors (Lipinski definition) is 6. The number of carbonyl (C=O) groups is 2. The first kappa shape index (κ1) is 17.2. The summed E-state index contributed by atoms with van der Waals surface area (Å²) in [4.78, 5) is 25.9. The summed E-state index contributed by atoms with van der Waals surface area (Å²) in [6.07, 6.45) is 0. The number of rotatable bonds is 5. The summed E-state index contributed by atoms with van der Waals surface area (Å²) < 4.78 is 5.31. The number of morpholine rings is 1. The van der Waals surface area contributed by atoms with Crippen molar-refractivity contribution in [2.24, 2.45) is 5.73 Å². The standard InChI is InChI=1S/C15H22N4O4/c1-10(16)13(15(21)18-22)17-14(20)11-2-4-12(5-3-11)19-6-8-23-9-7-19/h2-5,10,13,22H,6-9,16H2,1H3,(H,17,20)(H,18,21)/t10-,13+/m1/s1. The molecule has 0 bridgehead atoms. The molecule has 0 saturated carbocycles. The minimum absolute atomic E-state index is 0.415. The van der Waals surface area contributed by atoms with Crippen LogP contribution in [0.25, 0.3) is 0 Å².